The lowest BCUT2D eigenvalue weighted by atomic mass is 9.89. The molecule has 0 aliphatic heterocycles. The van der Waals surface area contributed by atoms with Gasteiger partial charge >= 0.3 is 5.97 Å². The van der Waals surface area contributed by atoms with Gasteiger partial charge in [-0.1, -0.05) is 32.3 Å². The molecule has 0 aromatic carbocycles. The number of pyridine rings is 1. The van der Waals surface area contributed by atoms with E-state index in [4.69, 9.17) is 5.11 Å². The molecule has 3 nitrogen and oxygen atoms in total. The molecule has 0 radical (unpaired) electrons. The van der Waals surface area contributed by atoms with Crippen LogP contribution in [-0.2, 0) is 4.79 Å². The van der Waals surface area contributed by atoms with E-state index < -0.39 is 5.97 Å². The van der Waals surface area contributed by atoms with Crippen LogP contribution in [-0.4, -0.2) is 16.1 Å². The third kappa shape index (κ3) is 4.55. The maximum absolute atomic E-state index is 10.9. The molecule has 0 bridgehead atoms. The predicted octanol–water partition coefficient (Wildman–Crippen LogP) is 3.53. The zero-order valence-electron chi connectivity index (χ0n) is 10.6. The number of unbranched alkanes of at least 4 members (excludes halogenated alkanes) is 2. The number of aryl methyl sites for hydroxylation is 1. The van der Waals surface area contributed by atoms with Crippen LogP contribution in [0.25, 0.3) is 0 Å². The van der Waals surface area contributed by atoms with Crippen LogP contribution >= 0.6 is 0 Å². The molecule has 1 unspecified atom stereocenters. The summed E-state index contributed by atoms with van der Waals surface area (Å²) in [5.74, 6) is -0.623. The molecular formula is C14H21NO2. The average molecular weight is 235 g/mol. The normalized spacial score (nSPS) is 12.4. The summed E-state index contributed by atoms with van der Waals surface area (Å²) < 4.78 is 0. The Balaban J connectivity index is 2.75. The molecule has 1 atom stereocenters. The second-order valence-electron chi connectivity index (χ2n) is 4.47. The minimum absolute atomic E-state index is 0.104. The fraction of sp³-hybridized carbons (Fsp3) is 0.571. The van der Waals surface area contributed by atoms with Crippen LogP contribution in [0.4, 0.5) is 0 Å². The molecule has 0 amide bonds. The van der Waals surface area contributed by atoms with Crippen molar-refractivity contribution in [2.24, 2.45) is 0 Å². The standard InChI is InChI=1S/C14H21NO2/c1-3-4-5-7-12(10-14(16)17)13-8-6-9-15-11(13)2/h6,8-9,12H,3-5,7,10H2,1-2H3,(H,16,17). The summed E-state index contributed by atoms with van der Waals surface area (Å²) in [6.45, 7) is 4.10. The van der Waals surface area contributed by atoms with Gasteiger partial charge in [0.1, 0.15) is 0 Å². The van der Waals surface area contributed by atoms with Crippen LogP contribution in [0.5, 0.6) is 0 Å². The molecule has 1 heterocycles. The first-order valence-electron chi connectivity index (χ1n) is 6.28. The number of rotatable bonds is 7. The third-order valence-corrected chi connectivity index (χ3v) is 3.06. The number of aliphatic carboxylic acids is 1. The highest BCUT2D eigenvalue weighted by Gasteiger charge is 2.17. The van der Waals surface area contributed by atoms with Crippen molar-refractivity contribution in [3.8, 4) is 0 Å². The molecule has 1 N–H and O–H groups in total. The molecule has 0 fully saturated rings. The predicted molar refractivity (Wildman–Crippen MR) is 68.1 cm³/mol. The first-order chi connectivity index (χ1) is 8.15. The molecule has 1 aromatic heterocycles. The first-order valence-corrected chi connectivity index (χ1v) is 6.28. The van der Waals surface area contributed by atoms with Crippen molar-refractivity contribution < 1.29 is 9.90 Å². The monoisotopic (exact) mass is 235 g/mol. The van der Waals surface area contributed by atoms with Gasteiger partial charge in [-0.3, -0.25) is 9.78 Å². The van der Waals surface area contributed by atoms with Crippen molar-refractivity contribution in [2.75, 3.05) is 0 Å². The van der Waals surface area contributed by atoms with E-state index in [1.807, 2.05) is 19.1 Å². The van der Waals surface area contributed by atoms with Crippen molar-refractivity contribution in [2.45, 2.75) is 51.9 Å². The Morgan fingerprint density at radius 3 is 2.82 bits per heavy atom. The van der Waals surface area contributed by atoms with Gasteiger partial charge < -0.3 is 5.11 Å². The number of carboxylic acid groups (broad SMARTS) is 1. The van der Waals surface area contributed by atoms with Crippen LogP contribution in [0.3, 0.4) is 0 Å². The second-order valence-corrected chi connectivity index (χ2v) is 4.47. The van der Waals surface area contributed by atoms with Gasteiger partial charge in [0, 0.05) is 11.9 Å². The molecule has 0 spiro atoms. The molecule has 3 heteroatoms. The first kappa shape index (κ1) is 13.7. The fourth-order valence-electron chi connectivity index (χ4n) is 2.15. The molecular weight excluding hydrogens is 214 g/mol. The average Bonchev–Trinajstić information content (AvgIpc) is 2.28. The molecule has 0 saturated heterocycles. The molecule has 1 aromatic rings. The highest BCUT2D eigenvalue weighted by atomic mass is 16.4. The quantitative estimate of drug-likeness (QED) is 0.735. The van der Waals surface area contributed by atoms with Crippen LogP contribution in [0.2, 0.25) is 0 Å². The highest BCUT2D eigenvalue weighted by Crippen LogP contribution is 2.27. The van der Waals surface area contributed by atoms with Gasteiger partial charge in [-0.05, 0) is 30.9 Å². The van der Waals surface area contributed by atoms with Crippen LogP contribution in [0, 0.1) is 6.92 Å². The van der Waals surface area contributed by atoms with E-state index in [1.54, 1.807) is 6.20 Å². The SMILES string of the molecule is CCCCCC(CC(=O)O)c1cccnc1C. The van der Waals surface area contributed by atoms with E-state index in [-0.39, 0.29) is 12.3 Å². The fourth-order valence-corrected chi connectivity index (χ4v) is 2.15. The lowest BCUT2D eigenvalue weighted by Gasteiger charge is -2.16. The van der Waals surface area contributed by atoms with E-state index in [0.717, 1.165) is 36.9 Å². The van der Waals surface area contributed by atoms with Crippen molar-refractivity contribution >= 4 is 5.97 Å². The maximum Gasteiger partial charge on any atom is 0.303 e. The van der Waals surface area contributed by atoms with Crippen molar-refractivity contribution in [1.29, 1.82) is 0 Å². The molecule has 0 aliphatic carbocycles. The second kappa shape index (κ2) is 7.05. The Labute approximate surface area is 103 Å². The number of aromatic nitrogens is 1. The van der Waals surface area contributed by atoms with Gasteiger partial charge in [0.2, 0.25) is 0 Å². The van der Waals surface area contributed by atoms with E-state index in [2.05, 4.69) is 11.9 Å². The Morgan fingerprint density at radius 2 is 2.24 bits per heavy atom. The summed E-state index contributed by atoms with van der Waals surface area (Å²) >= 11 is 0. The Bertz CT molecular complexity index is 363. The molecule has 17 heavy (non-hydrogen) atoms. The number of carbonyl (C=O) groups is 1. The lowest BCUT2D eigenvalue weighted by Crippen LogP contribution is -2.08. The summed E-state index contributed by atoms with van der Waals surface area (Å²) in [6.07, 6.45) is 6.30. The van der Waals surface area contributed by atoms with Crippen LogP contribution in [0.15, 0.2) is 18.3 Å². The largest absolute Gasteiger partial charge is 0.481 e. The van der Waals surface area contributed by atoms with Gasteiger partial charge in [0.25, 0.3) is 0 Å². The van der Waals surface area contributed by atoms with Gasteiger partial charge in [-0.25, -0.2) is 0 Å². The topological polar surface area (TPSA) is 50.2 Å². The van der Waals surface area contributed by atoms with Gasteiger partial charge in [0.05, 0.1) is 6.42 Å². The van der Waals surface area contributed by atoms with Crippen molar-refractivity contribution in [1.82, 2.24) is 4.98 Å². The summed E-state index contributed by atoms with van der Waals surface area (Å²) in [5.41, 5.74) is 2.04. The molecule has 0 aliphatic rings. The Morgan fingerprint density at radius 1 is 1.47 bits per heavy atom. The van der Waals surface area contributed by atoms with E-state index in [1.165, 1.54) is 0 Å². The molecule has 0 saturated carbocycles. The summed E-state index contributed by atoms with van der Waals surface area (Å²) in [6, 6.07) is 3.89. The van der Waals surface area contributed by atoms with Crippen molar-refractivity contribution in [3.63, 3.8) is 0 Å². The number of hydrogen-bond donors (Lipinski definition) is 1. The van der Waals surface area contributed by atoms with Crippen molar-refractivity contribution in [3.05, 3.63) is 29.6 Å². The van der Waals surface area contributed by atoms with Crippen LogP contribution < -0.4 is 0 Å². The smallest absolute Gasteiger partial charge is 0.303 e. The number of nitrogens with zero attached hydrogens (tertiary/aromatic N) is 1. The Hall–Kier alpha value is -1.38. The number of carboxylic acids is 1. The highest BCUT2D eigenvalue weighted by molar-refractivity contribution is 5.68. The molecule has 1 rings (SSSR count). The summed E-state index contributed by atoms with van der Waals surface area (Å²) in [4.78, 5) is 15.1. The minimum Gasteiger partial charge on any atom is -0.481 e. The summed E-state index contributed by atoms with van der Waals surface area (Å²) in [5, 5.41) is 8.97. The van der Waals surface area contributed by atoms with E-state index in [9.17, 15) is 4.79 Å². The van der Waals surface area contributed by atoms with E-state index >= 15 is 0 Å². The summed E-state index contributed by atoms with van der Waals surface area (Å²) in [7, 11) is 0. The number of hydrogen-bond acceptors (Lipinski definition) is 2. The zero-order valence-corrected chi connectivity index (χ0v) is 10.6. The van der Waals surface area contributed by atoms with Gasteiger partial charge in [-0.15, -0.1) is 0 Å². The maximum atomic E-state index is 10.9. The Kier molecular flexibility index (Phi) is 5.67. The third-order valence-electron chi connectivity index (χ3n) is 3.06. The molecule has 94 valence electrons. The van der Waals surface area contributed by atoms with Gasteiger partial charge in [-0.2, -0.15) is 0 Å². The lowest BCUT2D eigenvalue weighted by molar-refractivity contribution is -0.137. The zero-order chi connectivity index (χ0) is 12.7. The van der Waals surface area contributed by atoms with Crippen LogP contribution in [0.1, 0.15) is 56.2 Å². The van der Waals surface area contributed by atoms with E-state index in [0.29, 0.717) is 0 Å². The minimum atomic E-state index is -0.727. The van der Waals surface area contributed by atoms with Gasteiger partial charge in [0.15, 0.2) is 0 Å².